The van der Waals surface area contributed by atoms with E-state index in [1.807, 2.05) is 12.3 Å². The molecule has 1 atom stereocenters. The summed E-state index contributed by atoms with van der Waals surface area (Å²) in [7, 11) is 0. The van der Waals surface area contributed by atoms with Crippen LogP contribution in [-0.4, -0.2) is 35.9 Å². The van der Waals surface area contributed by atoms with Crippen LogP contribution in [0.15, 0.2) is 30.0 Å². The van der Waals surface area contributed by atoms with Gasteiger partial charge in [0.05, 0.1) is 12.2 Å². The summed E-state index contributed by atoms with van der Waals surface area (Å²) in [6.07, 6.45) is 26.1. The number of carbonyl (C=O) groups excluding carboxylic acids is 1. The lowest BCUT2D eigenvalue weighted by Gasteiger charge is -2.32. The Morgan fingerprint density at radius 2 is 1.43 bits per heavy atom. The summed E-state index contributed by atoms with van der Waals surface area (Å²) in [5.41, 5.74) is 5.70. The summed E-state index contributed by atoms with van der Waals surface area (Å²) < 4.78 is 0.244. The predicted octanol–water partition coefficient (Wildman–Crippen LogP) is 4.82. The van der Waals surface area contributed by atoms with E-state index in [0.29, 0.717) is 13.1 Å². The molecule has 0 bridgehead atoms. The van der Waals surface area contributed by atoms with Crippen molar-refractivity contribution in [2.75, 3.05) is 19.6 Å². The van der Waals surface area contributed by atoms with Crippen LogP contribution in [0.2, 0.25) is 0 Å². The van der Waals surface area contributed by atoms with Crippen LogP contribution in [0.1, 0.15) is 103 Å². The number of carboxylic acids is 1. The molecule has 0 aromatic rings. The number of carbonyl (C=O) groups is 1. The van der Waals surface area contributed by atoms with Crippen molar-refractivity contribution in [3.8, 4) is 0 Å². The van der Waals surface area contributed by atoms with Crippen molar-refractivity contribution in [3.63, 3.8) is 0 Å². The van der Waals surface area contributed by atoms with Crippen LogP contribution in [0, 0.1) is 0 Å². The first kappa shape index (κ1) is 26.6. The van der Waals surface area contributed by atoms with Gasteiger partial charge in [0.1, 0.15) is 19.3 Å². The van der Waals surface area contributed by atoms with Crippen molar-refractivity contribution in [1.29, 1.82) is 0 Å². The van der Waals surface area contributed by atoms with Gasteiger partial charge in [-0.05, 0) is 19.3 Å². The fraction of sp³-hybridized carbons (Fsp3) is 0.760. The molecule has 0 aromatic carbocycles. The molecule has 1 aliphatic rings. The zero-order chi connectivity index (χ0) is 21.9. The molecule has 172 valence electrons. The molecular formula is C25H45N3O2. The van der Waals surface area contributed by atoms with Crippen molar-refractivity contribution in [3.05, 3.63) is 25.1 Å². The van der Waals surface area contributed by atoms with Crippen molar-refractivity contribution in [1.82, 2.24) is 0 Å². The topological polar surface area (TPSA) is 78.5 Å². The zero-order valence-corrected chi connectivity index (χ0v) is 19.2. The second kappa shape index (κ2) is 17.2. The molecule has 0 amide bonds. The van der Waals surface area contributed by atoms with E-state index in [9.17, 15) is 9.90 Å². The van der Waals surface area contributed by atoms with Gasteiger partial charge in [0, 0.05) is 13.0 Å². The minimum atomic E-state index is -1.05. The Morgan fingerprint density at radius 3 is 1.90 bits per heavy atom. The number of quaternary nitrogens is 1. The van der Waals surface area contributed by atoms with Crippen LogP contribution in [0.25, 0.3) is 0 Å². The molecule has 0 spiro atoms. The van der Waals surface area contributed by atoms with Crippen LogP contribution in [0.5, 0.6) is 0 Å². The Labute approximate surface area is 184 Å². The van der Waals surface area contributed by atoms with Gasteiger partial charge in [0.25, 0.3) is 0 Å². The van der Waals surface area contributed by atoms with Gasteiger partial charge in [0.2, 0.25) is 5.84 Å². The number of unbranched alkanes of at least 4 members (excludes halogenated alkanes) is 14. The number of nitrogens with two attached hydrogens (primary N) is 1. The van der Waals surface area contributed by atoms with Gasteiger partial charge in [-0.2, -0.15) is 0 Å². The van der Waals surface area contributed by atoms with Gasteiger partial charge in [-0.15, -0.1) is 6.58 Å². The second-order valence-electron chi connectivity index (χ2n) is 8.70. The van der Waals surface area contributed by atoms with Gasteiger partial charge >= 0.3 is 0 Å². The van der Waals surface area contributed by atoms with E-state index in [0.717, 1.165) is 18.7 Å². The molecule has 5 heteroatoms. The minimum Gasteiger partial charge on any atom is -0.544 e. The average molecular weight is 420 g/mol. The number of rotatable bonds is 21. The highest BCUT2D eigenvalue weighted by Gasteiger charge is 2.34. The Hall–Kier alpha value is -1.46. The summed E-state index contributed by atoms with van der Waals surface area (Å²) in [6.45, 7) is 4.71. The van der Waals surface area contributed by atoms with Crippen LogP contribution in [0.3, 0.4) is 0 Å². The van der Waals surface area contributed by atoms with E-state index in [2.05, 4.69) is 11.6 Å². The Kier molecular flexibility index (Phi) is 15.3. The highest BCUT2D eigenvalue weighted by atomic mass is 16.4. The Balaban J connectivity index is 1.96. The van der Waals surface area contributed by atoms with Crippen molar-refractivity contribution in [2.24, 2.45) is 10.7 Å². The maximum absolute atomic E-state index is 11.1. The maximum atomic E-state index is 11.1. The third-order valence-corrected chi connectivity index (χ3v) is 6.09. The van der Waals surface area contributed by atoms with Crippen molar-refractivity contribution in [2.45, 2.75) is 103 Å². The highest BCUT2D eigenvalue weighted by molar-refractivity contribution is 5.80. The summed E-state index contributed by atoms with van der Waals surface area (Å²) in [6, 6.07) is 0. The number of amidine groups is 1. The molecule has 0 saturated heterocycles. The fourth-order valence-corrected chi connectivity index (χ4v) is 4.32. The smallest absolute Gasteiger partial charge is 0.207 e. The Bertz CT molecular complexity index is 530. The zero-order valence-electron chi connectivity index (χ0n) is 19.2. The third kappa shape index (κ3) is 11.7. The number of nitrogens with zero attached hydrogens (tertiary/aromatic N) is 2. The van der Waals surface area contributed by atoms with Crippen molar-refractivity contribution < 1.29 is 14.4 Å². The lowest BCUT2D eigenvalue weighted by atomic mass is 10.0. The molecule has 0 radical (unpaired) electrons. The van der Waals surface area contributed by atoms with Crippen LogP contribution in [0.4, 0.5) is 0 Å². The fourth-order valence-electron chi connectivity index (χ4n) is 4.32. The second-order valence-corrected chi connectivity index (χ2v) is 8.70. The molecule has 30 heavy (non-hydrogen) atoms. The van der Waals surface area contributed by atoms with Crippen LogP contribution < -0.4 is 10.8 Å². The normalized spacial score (nSPS) is 18.0. The summed E-state index contributed by atoms with van der Waals surface area (Å²) in [5.74, 6) is -0.128. The van der Waals surface area contributed by atoms with Crippen LogP contribution >= 0.6 is 0 Å². The lowest BCUT2D eigenvalue weighted by molar-refractivity contribution is -0.780. The maximum Gasteiger partial charge on any atom is 0.207 e. The molecule has 0 aromatic heterocycles. The average Bonchev–Trinajstić information content (AvgIpc) is 3.09. The molecular weight excluding hydrogens is 374 g/mol. The summed E-state index contributed by atoms with van der Waals surface area (Å²) >= 11 is 0. The Morgan fingerprint density at radius 1 is 0.933 bits per heavy atom. The molecule has 1 heterocycles. The van der Waals surface area contributed by atoms with Crippen LogP contribution in [-0.2, 0) is 4.79 Å². The van der Waals surface area contributed by atoms with Gasteiger partial charge in [0.15, 0.2) is 0 Å². The molecule has 0 saturated carbocycles. The number of aliphatic imine (C=N–C) groups is 1. The van der Waals surface area contributed by atoms with Gasteiger partial charge in [-0.25, -0.2) is 9.48 Å². The molecule has 1 rings (SSSR count). The first-order chi connectivity index (χ1) is 14.6. The van der Waals surface area contributed by atoms with E-state index in [4.69, 9.17) is 5.73 Å². The standard InChI is InChI=1S/C25H45N3O2/c1-2-3-4-5-6-7-8-9-10-11-12-13-14-15-16-17-18-24-27-20-22-28(24,21-19-26)23-25(29)30/h2,20,22H,1,3-19,21,23,26H2. The monoisotopic (exact) mass is 419 g/mol. The van der Waals surface area contributed by atoms with Gasteiger partial charge < -0.3 is 15.6 Å². The minimum absolute atomic E-state index is 0.0676. The first-order valence-corrected chi connectivity index (χ1v) is 12.3. The lowest BCUT2D eigenvalue weighted by Crippen LogP contribution is -2.55. The first-order valence-electron chi connectivity index (χ1n) is 12.3. The summed E-state index contributed by atoms with van der Waals surface area (Å²) in [4.78, 5) is 15.6. The van der Waals surface area contributed by atoms with E-state index in [1.165, 1.54) is 89.9 Å². The molecule has 5 nitrogen and oxygen atoms in total. The molecule has 1 unspecified atom stereocenters. The van der Waals surface area contributed by atoms with Crippen molar-refractivity contribution >= 4 is 11.8 Å². The van der Waals surface area contributed by atoms with E-state index in [-0.39, 0.29) is 11.0 Å². The summed E-state index contributed by atoms with van der Waals surface area (Å²) in [5, 5.41) is 11.1. The number of hydrogen-bond acceptors (Lipinski definition) is 4. The highest BCUT2D eigenvalue weighted by Crippen LogP contribution is 2.21. The van der Waals surface area contributed by atoms with E-state index < -0.39 is 5.97 Å². The molecule has 1 aliphatic heterocycles. The predicted molar refractivity (Wildman–Crippen MR) is 125 cm³/mol. The number of aliphatic carboxylic acids is 1. The van der Waals surface area contributed by atoms with E-state index in [1.54, 1.807) is 6.20 Å². The molecule has 0 aliphatic carbocycles. The number of carboxylic acid groups (broad SMARTS) is 1. The third-order valence-electron chi connectivity index (χ3n) is 6.09. The quantitative estimate of drug-likeness (QED) is 0.164. The SMILES string of the molecule is C=CCCCCCCCCCCCCCCCCC1=NC=C[N+]1(CCN)CC(=O)[O-]. The molecule has 2 N–H and O–H groups in total. The largest absolute Gasteiger partial charge is 0.544 e. The number of hydrogen-bond donors (Lipinski definition) is 1. The molecule has 0 fully saturated rings. The van der Waals surface area contributed by atoms with Gasteiger partial charge in [-0.3, -0.25) is 0 Å². The van der Waals surface area contributed by atoms with Gasteiger partial charge in [-0.1, -0.05) is 83.1 Å². The van der Waals surface area contributed by atoms with E-state index >= 15 is 0 Å². The number of allylic oxidation sites excluding steroid dienone is 1.